The van der Waals surface area contributed by atoms with Crippen molar-refractivity contribution in [3.8, 4) is 34.4 Å². The van der Waals surface area contributed by atoms with Crippen molar-refractivity contribution < 1.29 is 18.9 Å². The Morgan fingerprint density at radius 2 is 1.66 bits per heavy atom. The molecule has 38 heavy (non-hydrogen) atoms. The molecular formula is C27H25ClN6O4. The Bertz CT molecular complexity index is 1620. The van der Waals surface area contributed by atoms with E-state index < -0.39 is 6.04 Å². The van der Waals surface area contributed by atoms with E-state index >= 15 is 0 Å². The van der Waals surface area contributed by atoms with E-state index in [1.165, 1.54) is 0 Å². The fourth-order valence-corrected chi connectivity index (χ4v) is 4.10. The molecule has 194 valence electrons. The predicted molar refractivity (Wildman–Crippen MR) is 146 cm³/mol. The van der Waals surface area contributed by atoms with Crippen molar-refractivity contribution in [1.82, 2.24) is 19.9 Å². The van der Waals surface area contributed by atoms with Gasteiger partial charge in [0.15, 0.2) is 11.5 Å². The summed E-state index contributed by atoms with van der Waals surface area (Å²) in [6.45, 7) is 0.412. The second-order valence-electron chi connectivity index (χ2n) is 8.44. The number of nitrogens with zero attached hydrogens (tertiary/aromatic N) is 4. The third kappa shape index (κ3) is 5.31. The largest absolute Gasteiger partial charge is 0.493 e. The highest BCUT2D eigenvalue weighted by Gasteiger charge is 2.14. The summed E-state index contributed by atoms with van der Waals surface area (Å²) in [4.78, 5) is 17.5. The van der Waals surface area contributed by atoms with Gasteiger partial charge in [0.1, 0.15) is 24.8 Å². The number of methoxy groups -OCH3 is 2. The van der Waals surface area contributed by atoms with Crippen molar-refractivity contribution in [3.63, 3.8) is 0 Å². The number of ether oxygens (including phenoxy) is 4. The lowest BCUT2D eigenvalue weighted by atomic mass is 10.0. The van der Waals surface area contributed by atoms with Gasteiger partial charge >= 0.3 is 0 Å². The van der Waals surface area contributed by atoms with Crippen LogP contribution in [0.4, 0.5) is 5.82 Å². The molecule has 5 aromatic rings. The molecule has 0 saturated heterocycles. The molecule has 0 aliphatic heterocycles. The highest BCUT2D eigenvalue weighted by atomic mass is 35.5. The van der Waals surface area contributed by atoms with Crippen molar-refractivity contribution in [2.45, 2.75) is 6.04 Å². The van der Waals surface area contributed by atoms with Crippen LogP contribution in [-0.4, -0.2) is 53.4 Å². The molecule has 1 aromatic carbocycles. The standard InChI is InChI=1S/C27H25ClN6O4/c1-35-24-8-20-19-7-22(34-27(30)21(19)12-33-23(20)9-25(24)36-2)15-5-18(11-31-10-15)37-13-17(29)14-38-26-6-16(28)3-4-32-26/h3-12,17H,13-14,29H2,1-2H3,(H2,30,34)/t17-/m1/s1. The first-order valence-corrected chi connectivity index (χ1v) is 12.0. The summed E-state index contributed by atoms with van der Waals surface area (Å²) in [5.74, 6) is 2.47. The Morgan fingerprint density at radius 1 is 0.868 bits per heavy atom. The zero-order valence-corrected chi connectivity index (χ0v) is 21.5. The number of fused-ring (bicyclic) bond motifs is 3. The first kappa shape index (κ1) is 25.2. The third-order valence-electron chi connectivity index (χ3n) is 5.83. The maximum atomic E-state index is 6.34. The lowest BCUT2D eigenvalue weighted by Gasteiger charge is -2.15. The van der Waals surface area contributed by atoms with Crippen molar-refractivity contribution in [2.75, 3.05) is 33.2 Å². The van der Waals surface area contributed by atoms with Crippen LogP contribution in [0.3, 0.4) is 0 Å². The normalized spacial score (nSPS) is 11.9. The summed E-state index contributed by atoms with van der Waals surface area (Å²) < 4.78 is 22.4. The van der Waals surface area contributed by atoms with Gasteiger partial charge in [0, 0.05) is 52.1 Å². The number of nitrogen functional groups attached to an aromatic ring is 1. The van der Waals surface area contributed by atoms with Crippen LogP contribution in [0.2, 0.25) is 5.02 Å². The third-order valence-corrected chi connectivity index (χ3v) is 6.06. The first-order chi connectivity index (χ1) is 18.4. The van der Waals surface area contributed by atoms with Crippen LogP contribution in [0.25, 0.3) is 32.9 Å². The maximum Gasteiger partial charge on any atom is 0.214 e. The summed E-state index contributed by atoms with van der Waals surface area (Å²) >= 11 is 5.95. The minimum Gasteiger partial charge on any atom is -0.493 e. The Hall–Kier alpha value is -4.41. The van der Waals surface area contributed by atoms with Gasteiger partial charge in [-0.15, -0.1) is 0 Å². The SMILES string of the molecule is COc1cc2ncc3c(N)nc(-c4cncc(OC[C@@H](N)COc5cc(Cl)ccn5)c4)cc3c2cc1OC. The average molecular weight is 533 g/mol. The van der Waals surface area contributed by atoms with Gasteiger partial charge in [0.05, 0.1) is 37.7 Å². The first-order valence-electron chi connectivity index (χ1n) is 11.6. The molecule has 0 amide bonds. The molecular weight excluding hydrogens is 508 g/mol. The zero-order chi connectivity index (χ0) is 26.6. The van der Waals surface area contributed by atoms with Crippen LogP contribution in [0, 0.1) is 0 Å². The second kappa shape index (κ2) is 10.9. The molecule has 0 bridgehead atoms. The van der Waals surface area contributed by atoms with Crippen molar-refractivity contribution >= 4 is 39.1 Å². The highest BCUT2D eigenvalue weighted by molar-refractivity contribution is 6.30. The molecule has 0 aliphatic carbocycles. The average Bonchev–Trinajstić information content (AvgIpc) is 2.94. The summed E-state index contributed by atoms with van der Waals surface area (Å²) in [5.41, 5.74) is 14.6. The number of hydrogen-bond acceptors (Lipinski definition) is 10. The molecule has 11 heteroatoms. The molecule has 0 unspecified atom stereocenters. The van der Waals surface area contributed by atoms with Crippen LogP contribution in [0.5, 0.6) is 23.1 Å². The lowest BCUT2D eigenvalue weighted by molar-refractivity contribution is 0.215. The second-order valence-corrected chi connectivity index (χ2v) is 8.88. The van der Waals surface area contributed by atoms with E-state index in [0.717, 1.165) is 27.2 Å². The maximum absolute atomic E-state index is 6.34. The number of anilines is 1. The van der Waals surface area contributed by atoms with Crippen LogP contribution >= 0.6 is 11.6 Å². The highest BCUT2D eigenvalue weighted by Crippen LogP contribution is 2.37. The topological polar surface area (TPSA) is 141 Å². The van der Waals surface area contributed by atoms with E-state index in [9.17, 15) is 0 Å². The van der Waals surface area contributed by atoms with E-state index in [4.69, 9.17) is 42.0 Å². The van der Waals surface area contributed by atoms with E-state index in [0.29, 0.717) is 39.7 Å². The quantitative estimate of drug-likeness (QED) is 0.264. The van der Waals surface area contributed by atoms with Gasteiger partial charge in [-0.1, -0.05) is 11.6 Å². The summed E-state index contributed by atoms with van der Waals surface area (Å²) in [6, 6.07) is 10.4. The van der Waals surface area contributed by atoms with Crippen LogP contribution in [0.1, 0.15) is 0 Å². The van der Waals surface area contributed by atoms with Gasteiger partial charge in [-0.25, -0.2) is 9.97 Å². The molecule has 4 heterocycles. The Morgan fingerprint density at radius 3 is 2.45 bits per heavy atom. The molecule has 1 atom stereocenters. The van der Waals surface area contributed by atoms with Crippen LogP contribution in [-0.2, 0) is 0 Å². The van der Waals surface area contributed by atoms with E-state index in [-0.39, 0.29) is 13.2 Å². The minimum atomic E-state index is -0.403. The number of hydrogen-bond donors (Lipinski definition) is 2. The van der Waals surface area contributed by atoms with Gasteiger partial charge in [0.2, 0.25) is 5.88 Å². The molecule has 0 spiro atoms. The number of benzene rings is 1. The number of aromatic nitrogens is 4. The number of halogens is 1. The Labute approximate surface area is 223 Å². The molecule has 10 nitrogen and oxygen atoms in total. The Kier molecular flexibility index (Phi) is 7.25. The lowest BCUT2D eigenvalue weighted by Crippen LogP contribution is -2.34. The van der Waals surface area contributed by atoms with Gasteiger partial charge in [-0.2, -0.15) is 0 Å². The van der Waals surface area contributed by atoms with Gasteiger partial charge < -0.3 is 30.4 Å². The van der Waals surface area contributed by atoms with Crippen molar-refractivity contribution in [1.29, 1.82) is 0 Å². The van der Waals surface area contributed by atoms with Crippen molar-refractivity contribution in [3.05, 3.63) is 66.2 Å². The summed E-state index contributed by atoms with van der Waals surface area (Å²) in [5, 5.41) is 3.00. The molecule has 4 aromatic heterocycles. The molecule has 0 fully saturated rings. The number of rotatable bonds is 9. The molecule has 4 N–H and O–H groups in total. The molecule has 0 radical (unpaired) electrons. The van der Waals surface area contributed by atoms with Crippen LogP contribution < -0.4 is 30.4 Å². The molecule has 0 aliphatic rings. The molecule has 5 rings (SSSR count). The number of pyridine rings is 4. The summed E-state index contributed by atoms with van der Waals surface area (Å²) in [7, 11) is 3.18. The fourth-order valence-electron chi connectivity index (χ4n) is 3.95. The number of nitrogens with two attached hydrogens (primary N) is 2. The monoisotopic (exact) mass is 532 g/mol. The van der Waals surface area contributed by atoms with E-state index in [2.05, 4.69) is 19.9 Å². The Balaban J connectivity index is 1.38. The van der Waals surface area contributed by atoms with Gasteiger partial charge in [-0.3, -0.25) is 9.97 Å². The van der Waals surface area contributed by atoms with E-state index in [1.54, 1.807) is 51.1 Å². The predicted octanol–water partition coefficient (Wildman–Crippen LogP) is 4.28. The van der Waals surface area contributed by atoms with Gasteiger partial charge in [0.25, 0.3) is 0 Å². The van der Waals surface area contributed by atoms with E-state index in [1.807, 2.05) is 24.3 Å². The fraction of sp³-hybridized carbons (Fsp3) is 0.185. The smallest absolute Gasteiger partial charge is 0.214 e. The molecule has 0 saturated carbocycles. The minimum absolute atomic E-state index is 0.205. The zero-order valence-electron chi connectivity index (χ0n) is 20.7. The van der Waals surface area contributed by atoms with Gasteiger partial charge in [-0.05, 0) is 29.7 Å². The van der Waals surface area contributed by atoms with Crippen molar-refractivity contribution in [2.24, 2.45) is 5.73 Å². The summed E-state index contributed by atoms with van der Waals surface area (Å²) in [6.07, 6.45) is 6.57. The van der Waals surface area contributed by atoms with Crippen LogP contribution in [0.15, 0.2) is 61.2 Å².